The van der Waals surface area contributed by atoms with E-state index in [-0.39, 0.29) is 32.4 Å². The van der Waals surface area contributed by atoms with Crippen molar-refractivity contribution in [2.45, 2.75) is 151 Å². The van der Waals surface area contributed by atoms with Gasteiger partial charge < -0.3 is 96.4 Å². The Kier molecular flexibility index (Phi) is 31.8. The van der Waals surface area contributed by atoms with Crippen molar-refractivity contribution in [2.24, 2.45) is 28.7 Å². The van der Waals surface area contributed by atoms with Crippen molar-refractivity contribution < 1.29 is 58.7 Å². The van der Waals surface area contributed by atoms with E-state index >= 15 is 0 Å². The van der Waals surface area contributed by atoms with Gasteiger partial charge in [0.1, 0.15) is 18.1 Å². The molecule has 0 aromatic rings. The molecule has 23 N–H and O–H groups in total. The minimum atomic E-state index is -2.02. The van der Waals surface area contributed by atoms with E-state index in [1.54, 1.807) is 0 Å². The molecular weight excluding hydrogens is 881 g/mol. The number of likely N-dealkylation sites (N-methyl/N-ethyl adjacent to an activating group) is 1. The number of aliphatic hydroxyl groups is 4. The molecule has 67 heavy (non-hydrogen) atoms. The van der Waals surface area contributed by atoms with Gasteiger partial charge in [0.2, 0.25) is 29.5 Å². The van der Waals surface area contributed by atoms with E-state index in [1.807, 2.05) is 0 Å². The van der Waals surface area contributed by atoms with Crippen LogP contribution in [0.4, 0.5) is 0 Å². The quantitative estimate of drug-likeness (QED) is 0.0205. The zero-order valence-corrected chi connectivity index (χ0v) is 39.1. The lowest BCUT2D eigenvalue weighted by Gasteiger charge is -2.34. The average Bonchev–Trinajstić information content (AvgIpc) is 3.29. The topological polar surface area (TPSA) is 448 Å². The van der Waals surface area contributed by atoms with Crippen LogP contribution >= 0.6 is 0 Å². The molecule has 0 aliphatic carbocycles. The second-order valence-electron chi connectivity index (χ2n) is 16.7. The molecule has 7 amide bonds. The summed E-state index contributed by atoms with van der Waals surface area (Å²) in [6.07, 6.45) is -3.43. The van der Waals surface area contributed by atoms with Gasteiger partial charge in [0.15, 0.2) is 12.3 Å². The van der Waals surface area contributed by atoms with Gasteiger partial charge in [-0.15, -0.1) is 0 Å². The van der Waals surface area contributed by atoms with Crippen molar-refractivity contribution in [3.8, 4) is 0 Å². The third-order valence-electron chi connectivity index (χ3n) is 11.0. The van der Waals surface area contributed by atoms with Crippen LogP contribution < -0.4 is 76.5 Å². The van der Waals surface area contributed by atoms with Crippen LogP contribution in [0.3, 0.4) is 0 Å². The number of rotatable bonds is 36. The molecule has 1 heterocycles. The molecule has 26 heteroatoms. The summed E-state index contributed by atoms with van der Waals surface area (Å²) in [7, 11) is 1.45. The fraction of sp³-hybridized carbons (Fsp3) is 0.829. The summed E-state index contributed by atoms with van der Waals surface area (Å²) < 4.78 is 5.78. The Labute approximate surface area is 392 Å². The Morgan fingerprint density at radius 3 is 1.93 bits per heavy atom. The van der Waals surface area contributed by atoms with Crippen molar-refractivity contribution in [1.82, 2.24) is 47.9 Å². The lowest BCUT2D eigenvalue weighted by molar-refractivity contribution is -0.140. The second kappa shape index (κ2) is 35.0. The van der Waals surface area contributed by atoms with Gasteiger partial charge >= 0.3 is 0 Å². The van der Waals surface area contributed by atoms with E-state index in [4.69, 9.17) is 33.4 Å². The van der Waals surface area contributed by atoms with Crippen molar-refractivity contribution in [2.75, 3.05) is 66.0 Å². The number of amides is 7. The standard InChI is InChI=1S/C41H82N14O12/c1-24(51-40(65)35(61)32(58)20-30(56)26(46)10-3-5-12-42)37(62)53-28(21-45)39(64)52-27(11-4-6-13-43)38(63)54-29-23-67-25(18-31(29)57)19-33(59)55-36(47-2)41(66)50-22-34(60)49-17-9-16-48-15-8-7-14-44/h24-32,35-36,47-48,56-58,61H,3-23,42-46H2,1-2H3,(H,49,60)(H,50,66)(H,51,65)(H,52,64)(H,53,62)(H,54,63)(H,55,59). The predicted molar refractivity (Wildman–Crippen MR) is 247 cm³/mol. The highest BCUT2D eigenvalue weighted by atomic mass is 16.5. The first-order valence-corrected chi connectivity index (χ1v) is 23.3. The first-order chi connectivity index (χ1) is 31.9. The highest BCUT2D eigenvalue weighted by Gasteiger charge is 2.36. The number of ether oxygens (including phenoxy) is 1. The first kappa shape index (κ1) is 60.8. The molecule has 0 aromatic heterocycles. The van der Waals surface area contributed by atoms with E-state index in [0.29, 0.717) is 64.7 Å². The number of unbranched alkanes of at least 4 members (excludes halogenated alkanes) is 3. The Balaban J connectivity index is 2.68. The van der Waals surface area contributed by atoms with E-state index < -0.39 is 121 Å². The Morgan fingerprint density at radius 2 is 1.30 bits per heavy atom. The number of hydrogen-bond donors (Lipinski definition) is 18. The highest BCUT2D eigenvalue weighted by molar-refractivity contribution is 5.95. The molecule has 388 valence electrons. The van der Waals surface area contributed by atoms with E-state index in [9.17, 15) is 54.0 Å². The summed E-state index contributed by atoms with van der Waals surface area (Å²) in [5, 5.41) is 65.5. The van der Waals surface area contributed by atoms with Gasteiger partial charge in [0.25, 0.3) is 11.8 Å². The van der Waals surface area contributed by atoms with Crippen LogP contribution in [0.2, 0.25) is 0 Å². The van der Waals surface area contributed by atoms with E-state index in [1.165, 1.54) is 14.0 Å². The predicted octanol–water partition coefficient (Wildman–Crippen LogP) is -7.89. The summed E-state index contributed by atoms with van der Waals surface area (Å²) in [5.74, 6) is -5.16. The average molecular weight is 963 g/mol. The number of hydrogen-bond acceptors (Lipinski definition) is 19. The molecule has 11 atom stereocenters. The maximum Gasteiger partial charge on any atom is 0.258 e. The molecule has 0 bridgehead atoms. The molecule has 11 unspecified atom stereocenters. The summed E-state index contributed by atoms with van der Waals surface area (Å²) in [4.78, 5) is 90.3. The van der Waals surface area contributed by atoms with Crippen LogP contribution in [0.5, 0.6) is 0 Å². The number of carbonyl (C=O) groups excluding carboxylic acids is 7. The van der Waals surface area contributed by atoms with Crippen LogP contribution in [-0.2, 0) is 38.3 Å². The maximum atomic E-state index is 13.5. The SMILES string of the molecule is CNC(NC(=O)CC1CC(O)C(NC(=O)C(CCCCN)NC(=O)C(CN)NC(=O)C(C)NC(=O)C(O)C(O)CC(O)C(N)CCCCN)CO1)C(=O)NCC(=O)NCCCNCCCCN. The summed E-state index contributed by atoms with van der Waals surface area (Å²) in [6.45, 7) is 3.71. The van der Waals surface area contributed by atoms with E-state index in [0.717, 1.165) is 25.9 Å². The lowest BCUT2D eigenvalue weighted by atomic mass is 9.97. The van der Waals surface area contributed by atoms with E-state index in [2.05, 4.69) is 47.9 Å². The van der Waals surface area contributed by atoms with Gasteiger partial charge in [0.05, 0.1) is 50.0 Å². The van der Waals surface area contributed by atoms with Gasteiger partial charge in [0, 0.05) is 32.0 Å². The van der Waals surface area contributed by atoms with Crippen LogP contribution in [0, 0.1) is 0 Å². The largest absolute Gasteiger partial charge is 0.391 e. The normalized spacial score (nSPS) is 19.5. The number of aliphatic hydroxyl groups excluding tert-OH is 4. The summed E-state index contributed by atoms with van der Waals surface area (Å²) in [6, 6.07) is -5.55. The summed E-state index contributed by atoms with van der Waals surface area (Å²) >= 11 is 0. The van der Waals surface area contributed by atoms with Gasteiger partial charge in [-0.3, -0.25) is 38.9 Å². The van der Waals surface area contributed by atoms with Crippen molar-refractivity contribution in [3.63, 3.8) is 0 Å². The van der Waals surface area contributed by atoms with Gasteiger partial charge in [-0.1, -0.05) is 6.42 Å². The summed E-state index contributed by atoms with van der Waals surface area (Å²) in [5.41, 5.74) is 28.3. The third kappa shape index (κ3) is 25.1. The molecule has 26 nitrogen and oxygen atoms in total. The zero-order chi connectivity index (χ0) is 50.3. The van der Waals surface area contributed by atoms with Crippen molar-refractivity contribution in [1.29, 1.82) is 0 Å². The minimum Gasteiger partial charge on any atom is -0.391 e. The van der Waals surface area contributed by atoms with Crippen LogP contribution in [0.1, 0.15) is 84.0 Å². The first-order valence-electron chi connectivity index (χ1n) is 23.3. The molecule has 0 radical (unpaired) electrons. The minimum absolute atomic E-state index is 0.0693. The molecule has 1 rings (SSSR count). The molecule has 0 spiro atoms. The zero-order valence-electron chi connectivity index (χ0n) is 39.1. The van der Waals surface area contributed by atoms with Gasteiger partial charge in [-0.05, 0) is 98.1 Å². The van der Waals surface area contributed by atoms with Gasteiger partial charge in [-0.2, -0.15) is 0 Å². The number of nitrogens with one attached hydrogen (secondary N) is 9. The Bertz CT molecular complexity index is 1490. The fourth-order valence-electron chi connectivity index (χ4n) is 6.77. The molecule has 0 saturated carbocycles. The molecular formula is C41H82N14O12. The van der Waals surface area contributed by atoms with Gasteiger partial charge in [-0.25, -0.2) is 0 Å². The Morgan fingerprint density at radius 1 is 0.672 bits per heavy atom. The Hall–Kier alpha value is -4.19. The fourth-order valence-corrected chi connectivity index (χ4v) is 6.77. The smallest absolute Gasteiger partial charge is 0.258 e. The number of nitrogens with two attached hydrogens (primary N) is 5. The number of carbonyl (C=O) groups is 7. The second-order valence-corrected chi connectivity index (χ2v) is 16.7. The molecule has 1 saturated heterocycles. The highest BCUT2D eigenvalue weighted by Crippen LogP contribution is 2.18. The molecule has 1 aliphatic heterocycles. The lowest BCUT2D eigenvalue weighted by Crippen LogP contribution is -2.60. The molecule has 0 aromatic carbocycles. The van der Waals surface area contributed by atoms with Crippen LogP contribution in [-0.4, -0.2) is 195 Å². The molecule has 1 aliphatic rings. The monoisotopic (exact) mass is 963 g/mol. The maximum absolute atomic E-state index is 13.5. The van der Waals surface area contributed by atoms with Crippen molar-refractivity contribution >= 4 is 41.4 Å². The van der Waals surface area contributed by atoms with Crippen molar-refractivity contribution in [3.05, 3.63) is 0 Å². The third-order valence-corrected chi connectivity index (χ3v) is 11.0. The van der Waals surface area contributed by atoms with Crippen LogP contribution in [0.15, 0.2) is 0 Å². The molecule has 1 fully saturated rings. The van der Waals surface area contributed by atoms with Crippen LogP contribution in [0.25, 0.3) is 0 Å².